The van der Waals surface area contributed by atoms with Crippen molar-refractivity contribution in [2.24, 2.45) is 0 Å². The first kappa shape index (κ1) is 32.5. The summed E-state index contributed by atoms with van der Waals surface area (Å²) in [5.74, 6) is -3.22. The van der Waals surface area contributed by atoms with Gasteiger partial charge in [-0.25, -0.2) is 4.68 Å². The van der Waals surface area contributed by atoms with Crippen LogP contribution in [-0.2, 0) is 70.3 Å². The number of nitrogens with zero attached hydrogens (tertiary/aromatic N) is 3. The van der Waals surface area contributed by atoms with E-state index >= 15 is 0 Å². The van der Waals surface area contributed by atoms with Gasteiger partial charge in [-0.05, 0) is 0 Å². The number of carbonyl (C=O) groups excluding carboxylic acids is 5. The average molecular weight is 575 g/mol. The number of amides is 1. The van der Waals surface area contributed by atoms with Crippen molar-refractivity contribution in [2.75, 3.05) is 33.0 Å². The summed E-state index contributed by atoms with van der Waals surface area (Å²) in [6, 6.07) is 0. The molecule has 0 saturated carbocycles. The summed E-state index contributed by atoms with van der Waals surface area (Å²) in [5, 5.41) is 19.0. The second-order valence-electron chi connectivity index (χ2n) is 8.47. The molecule has 1 amide bonds. The summed E-state index contributed by atoms with van der Waals surface area (Å²) in [7, 11) is 0. The minimum absolute atomic E-state index is 0.0334. The SMILES string of the molecule is CC(=O)OC[C@H]1O[C@@H](OCCOCCNC(=O)Cn2cc(CO)nn2)[C@H](OC(C)=O)[C@@H](OC(C)=O)[C@H]1OC(C)=O. The zero-order valence-corrected chi connectivity index (χ0v) is 22.6. The third-order valence-electron chi connectivity index (χ3n) is 5.08. The van der Waals surface area contributed by atoms with Gasteiger partial charge in [0, 0.05) is 34.2 Å². The fourth-order valence-corrected chi connectivity index (χ4v) is 3.60. The highest BCUT2D eigenvalue weighted by Gasteiger charge is 2.52. The van der Waals surface area contributed by atoms with E-state index in [2.05, 4.69) is 15.6 Å². The predicted octanol–water partition coefficient (Wildman–Crippen LogP) is -2.00. The lowest BCUT2D eigenvalue weighted by Gasteiger charge is -2.44. The van der Waals surface area contributed by atoms with E-state index in [9.17, 15) is 24.0 Å². The molecule has 1 aliphatic heterocycles. The van der Waals surface area contributed by atoms with E-state index in [-0.39, 0.29) is 52.0 Å². The first-order valence-corrected chi connectivity index (χ1v) is 12.3. The second kappa shape index (κ2) is 16.4. The number of carbonyl (C=O) groups is 5. The highest BCUT2D eigenvalue weighted by molar-refractivity contribution is 5.75. The van der Waals surface area contributed by atoms with Crippen LogP contribution in [0.15, 0.2) is 6.20 Å². The summed E-state index contributed by atoms with van der Waals surface area (Å²) >= 11 is 0. The molecule has 0 aromatic carbocycles. The van der Waals surface area contributed by atoms with E-state index < -0.39 is 54.6 Å². The first-order valence-electron chi connectivity index (χ1n) is 12.3. The summed E-state index contributed by atoms with van der Waals surface area (Å²) in [6.07, 6.45) is -4.93. The lowest BCUT2D eigenvalue weighted by Crippen LogP contribution is -2.63. The highest BCUT2D eigenvalue weighted by Crippen LogP contribution is 2.29. The molecule has 2 rings (SSSR count). The predicted molar refractivity (Wildman–Crippen MR) is 128 cm³/mol. The van der Waals surface area contributed by atoms with Gasteiger partial charge >= 0.3 is 23.9 Å². The normalized spacial score (nSPS) is 22.2. The Labute approximate surface area is 229 Å². The fraction of sp³-hybridized carbons (Fsp3) is 0.696. The molecule has 1 saturated heterocycles. The molecule has 17 heteroatoms. The topological polar surface area (TPSA) is 213 Å². The molecule has 17 nitrogen and oxygen atoms in total. The molecular formula is C23H34N4O13. The van der Waals surface area contributed by atoms with Crippen molar-refractivity contribution in [1.29, 1.82) is 0 Å². The minimum atomic E-state index is -1.33. The van der Waals surface area contributed by atoms with E-state index in [0.29, 0.717) is 5.69 Å². The molecule has 0 unspecified atom stereocenters. The Morgan fingerprint density at radius 2 is 1.57 bits per heavy atom. The number of aromatic nitrogens is 3. The second-order valence-corrected chi connectivity index (χ2v) is 8.47. The first-order chi connectivity index (χ1) is 19.0. The molecule has 2 N–H and O–H groups in total. The van der Waals surface area contributed by atoms with Gasteiger partial charge in [0.05, 0.1) is 32.6 Å². The molecule has 2 heterocycles. The Hall–Kier alpha value is -3.67. The lowest BCUT2D eigenvalue weighted by atomic mass is 9.98. The third-order valence-corrected chi connectivity index (χ3v) is 5.08. The van der Waals surface area contributed by atoms with E-state index in [1.807, 2.05) is 0 Å². The number of hydrogen-bond donors (Lipinski definition) is 2. The van der Waals surface area contributed by atoms with Crippen LogP contribution < -0.4 is 5.32 Å². The Kier molecular flexibility index (Phi) is 13.4. The van der Waals surface area contributed by atoms with Crippen LogP contribution in [0, 0.1) is 0 Å². The van der Waals surface area contributed by atoms with E-state index in [1.54, 1.807) is 0 Å². The highest BCUT2D eigenvalue weighted by atomic mass is 16.7. The Balaban J connectivity index is 1.93. The largest absolute Gasteiger partial charge is 0.463 e. The van der Waals surface area contributed by atoms with Crippen LogP contribution in [-0.4, -0.2) is 114 Å². The molecule has 1 aliphatic rings. The van der Waals surface area contributed by atoms with Crippen molar-refractivity contribution in [2.45, 2.75) is 71.6 Å². The maximum Gasteiger partial charge on any atom is 0.303 e. The van der Waals surface area contributed by atoms with E-state index in [0.717, 1.165) is 20.8 Å². The monoisotopic (exact) mass is 574 g/mol. The smallest absolute Gasteiger partial charge is 0.303 e. The van der Waals surface area contributed by atoms with Crippen molar-refractivity contribution in [1.82, 2.24) is 20.3 Å². The molecule has 1 aromatic rings. The van der Waals surface area contributed by atoms with E-state index in [1.165, 1.54) is 17.8 Å². The number of rotatable bonds is 15. The van der Waals surface area contributed by atoms with Crippen LogP contribution in [0.3, 0.4) is 0 Å². The average Bonchev–Trinajstić information content (AvgIpc) is 3.32. The maximum atomic E-state index is 12.0. The summed E-state index contributed by atoms with van der Waals surface area (Å²) < 4.78 is 39.2. The van der Waals surface area contributed by atoms with Gasteiger partial charge in [-0.1, -0.05) is 5.21 Å². The zero-order valence-electron chi connectivity index (χ0n) is 22.6. The number of esters is 4. The molecule has 40 heavy (non-hydrogen) atoms. The quantitative estimate of drug-likeness (QED) is 0.132. The molecule has 0 bridgehead atoms. The third kappa shape index (κ3) is 11.2. The molecule has 0 aliphatic carbocycles. The van der Waals surface area contributed by atoms with Crippen molar-refractivity contribution < 1.29 is 62.2 Å². The number of aliphatic hydroxyl groups is 1. The molecule has 1 fully saturated rings. The number of ether oxygens (including phenoxy) is 7. The van der Waals surface area contributed by atoms with Gasteiger partial charge in [-0.15, -0.1) is 5.10 Å². The molecule has 0 spiro atoms. The van der Waals surface area contributed by atoms with Gasteiger partial charge in [0.15, 0.2) is 24.6 Å². The lowest BCUT2D eigenvalue weighted by molar-refractivity contribution is -0.309. The van der Waals surface area contributed by atoms with Gasteiger partial charge in [0.1, 0.15) is 24.9 Å². The van der Waals surface area contributed by atoms with Gasteiger partial charge in [0.2, 0.25) is 5.91 Å². The minimum Gasteiger partial charge on any atom is -0.463 e. The zero-order chi connectivity index (χ0) is 29.7. The summed E-state index contributed by atoms with van der Waals surface area (Å²) in [6.45, 7) is 4.07. The fourth-order valence-electron chi connectivity index (χ4n) is 3.60. The standard InChI is InChI=1S/C23H34N4O13/c1-13(29)36-12-18-20(37-14(2)30)21(38-15(3)31)22(39-16(4)32)23(40-18)35-8-7-34-6-5-24-19(33)10-27-9-17(11-28)25-26-27/h9,18,20-23,28H,5-8,10-12H2,1-4H3,(H,24,33)/t18-,20+,21+,22-,23-/m1/s1. The van der Waals surface area contributed by atoms with Crippen molar-refractivity contribution in [3.8, 4) is 0 Å². The number of hydrogen-bond acceptors (Lipinski definition) is 15. The van der Waals surface area contributed by atoms with Gasteiger partial charge in [-0.2, -0.15) is 0 Å². The van der Waals surface area contributed by atoms with Crippen LogP contribution in [0.1, 0.15) is 33.4 Å². The Morgan fingerprint density at radius 3 is 2.17 bits per heavy atom. The molecular weight excluding hydrogens is 540 g/mol. The van der Waals surface area contributed by atoms with Crippen LogP contribution >= 0.6 is 0 Å². The van der Waals surface area contributed by atoms with Gasteiger partial charge < -0.3 is 43.6 Å². The maximum absolute atomic E-state index is 12.0. The number of nitrogens with one attached hydrogen (secondary N) is 1. The van der Waals surface area contributed by atoms with Gasteiger partial charge in [0.25, 0.3) is 0 Å². The van der Waals surface area contributed by atoms with Gasteiger partial charge in [-0.3, -0.25) is 24.0 Å². The van der Waals surface area contributed by atoms with Crippen LogP contribution in [0.4, 0.5) is 0 Å². The number of aliphatic hydroxyl groups excluding tert-OH is 1. The van der Waals surface area contributed by atoms with Crippen LogP contribution in [0.5, 0.6) is 0 Å². The van der Waals surface area contributed by atoms with Crippen LogP contribution in [0.25, 0.3) is 0 Å². The van der Waals surface area contributed by atoms with E-state index in [4.69, 9.17) is 38.3 Å². The van der Waals surface area contributed by atoms with Crippen LogP contribution in [0.2, 0.25) is 0 Å². The molecule has 5 atom stereocenters. The van der Waals surface area contributed by atoms with Crippen molar-refractivity contribution in [3.05, 3.63) is 11.9 Å². The van der Waals surface area contributed by atoms with Crippen molar-refractivity contribution in [3.63, 3.8) is 0 Å². The Bertz CT molecular complexity index is 1020. The Morgan fingerprint density at radius 1 is 0.925 bits per heavy atom. The summed E-state index contributed by atoms with van der Waals surface area (Å²) in [5.41, 5.74) is 0.341. The summed E-state index contributed by atoms with van der Waals surface area (Å²) in [4.78, 5) is 58.8. The molecule has 224 valence electrons. The van der Waals surface area contributed by atoms with Crippen molar-refractivity contribution >= 4 is 29.8 Å². The molecule has 0 radical (unpaired) electrons. The molecule has 1 aromatic heterocycles.